The lowest BCUT2D eigenvalue weighted by Gasteiger charge is -2.37. The van der Waals surface area contributed by atoms with E-state index < -0.39 is 23.8 Å². The molecule has 1 atom stereocenters. The van der Waals surface area contributed by atoms with Crippen molar-refractivity contribution in [2.24, 2.45) is 0 Å². The van der Waals surface area contributed by atoms with Gasteiger partial charge in [-0.15, -0.1) is 0 Å². The van der Waals surface area contributed by atoms with Crippen molar-refractivity contribution >= 4 is 5.82 Å². The fraction of sp³-hybridized carbons (Fsp3) is 0.154. The summed E-state index contributed by atoms with van der Waals surface area (Å²) in [4.78, 5) is 16.7. The Bertz CT molecular complexity index is 1130. The quantitative estimate of drug-likeness (QED) is 0.394. The Balaban J connectivity index is 2.12. The Morgan fingerprint density at radius 2 is 1.28 bits per heavy atom. The monoisotopic (exact) mass is 427 g/mol. The van der Waals surface area contributed by atoms with E-state index in [1.165, 1.54) is 4.57 Å². The van der Waals surface area contributed by atoms with Crippen molar-refractivity contribution in [3.05, 3.63) is 130 Å². The zero-order valence-corrected chi connectivity index (χ0v) is 17.5. The molecule has 3 aromatic carbocycles. The van der Waals surface area contributed by atoms with E-state index in [1.807, 2.05) is 91.0 Å². The largest absolute Gasteiger partial charge is 0.394 e. The number of aliphatic hydroxyl groups is 2. The van der Waals surface area contributed by atoms with Gasteiger partial charge in [0.15, 0.2) is 0 Å². The van der Waals surface area contributed by atoms with Gasteiger partial charge in [0.2, 0.25) is 0 Å². The summed E-state index contributed by atoms with van der Waals surface area (Å²) < 4.78 is 1.30. The summed E-state index contributed by atoms with van der Waals surface area (Å²) in [5.41, 5.74) is 8.46. The molecule has 1 aromatic heterocycles. The molecular formula is C26H25N3O3. The van der Waals surface area contributed by atoms with Gasteiger partial charge in [-0.2, -0.15) is 4.98 Å². The number of aliphatic hydroxyl groups excluding tert-OH is 2. The minimum absolute atomic E-state index is 0.0932. The molecule has 0 aliphatic rings. The van der Waals surface area contributed by atoms with Gasteiger partial charge < -0.3 is 15.9 Å². The first-order chi connectivity index (χ1) is 15.6. The van der Waals surface area contributed by atoms with E-state index in [0.717, 1.165) is 16.7 Å². The van der Waals surface area contributed by atoms with E-state index in [-0.39, 0.29) is 12.4 Å². The molecular weight excluding hydrogens is 402 g/mol. The molecule has 0 bridgehead atoms. The minimum Gasteiger partial charge on any atom is -0.394 e. The molecule has 0 spiro atoms. The Morgan fingerprint density at radius 1 is 0.844 bits per heavy atom. The molecule has 1 unspecified atom stereocenters. The number of hydrogen-bond donors (Lipinski definition) is 3. The SMILES string of the molecule is Nc1nc(=O)n(CC(O)CO)cc1C(c1ccccc1)(c1ccccc1)c1ccccc1. The number of aromatic nitrogens is 2. The fourth-order valence-corrected chi connectivity index (χ4v) is 4.24. The molecule has 0 fully saturated rings. The van der Waals surface area contributed by atoms with Crippen LogP contribution in [0.25, 0.3) is 0 Å². The molecule has 0 saturated heterocycles. The van der Waals surface area contributed by atoms with Gasteiger partial charge in [0.1, 0.15) is 5.82 Å². The van der Waals surface area contributed by atoms with Crippen molar-refractivity contribution < 1.29 is 10.2 Å². The summed E-state index contributed by atoms with van der Waals surface area (Å²) in [7, 11) is 0. The maximum absolute atomic E-state index is 12.6. The fourth-order valence-electron chi connectivity index (χ4n) is 4.24. The highest BCUT2D eigenvalue weighted by Gasteiger charge is 2.40. The summed E-state index contributed by atoms with van der Waals surface area (Å²) in [5.74, 6) is 0.112. The van der Waals surface area contributed by atoms with Crippen LogP contribution in [-0.4, -0.2) is 32.5 Å². The third-order valence-electron chi connectivity index (χ3n) is 5.67. The summed E-state index contributed by atoms with van der Waals surface area (Å²) in [6, 6.07) is 29.8. The van der Waals surface area contributed by atoms with E-state index in [9.17, 15) is 15.0 Å². The van der Waals surface area contributed by atoms with E-state index in [0.29, 0.717) is 5.56 Å². The number of nitrogens with zero attached hydrogens (tertiary/aromatic N) is 2. The predicted molar refractivity (Wildman–Crippen MR) is 124 cm³/mol. The van der Waals surface area contributed by atoms with Crippen LogP contribution in [0.3, 0.4) is 0 Å². The molecule has 0 aliphatic carbocycles. The second-order valence-corrected chi connectivity index (χ2v) is 7.66. The molecule has 4 rings (SSSR count). The zero-order valence-electron chi connectivity index (χ0n) is 17.5. The lowest BCUT2D eigenvalue weighted by Crippen LogP contribution is -2.37. The molecule has 6 nitrogen and oxygen atoms in total. The maximum Gasteiger partial charge on any atom is 0.349 e. The Labute approximate surface area is 186 Å². The molecule has 1 heterocycles. The van der Waals surface area contributed by atoms with Gasteiger partial charge in [-0.25, -0.2) is 4.79 Å². The van der Waals surface area contributed by atoms with E-state index in [1.54, 1.807) is 6.20 Å². The van der Waals surface area contributed by atoms with Crippen LogP contribution in [0, 0.1) is 0 Å². The van der Waals surface area contributed by atoms with Crippen LogP contribution in [0.1, 0.15) is 22.3 Å². The lowest BCUT2D eigenvalue weighted by molar-refractivity contribution is 0.0800. The van der Waals surface area contributed by atoms with Crippen LogP contribution in [0.5, 0.6) is 0 Å². The van der Waals surface area contributed by atoms with Gasteiger partial charge in [0.25, 0.3) is 0 Å². The van der Waals surface area contributed by atoms with Crippen LogP contribution in [0.4, 0.5) is 5.82 Å². The standard InChI is InChI=1S/C26H25N3O3/c27-24-23(17-29(25(32)28-24)16-22(31)18-30)26(19-10-4-1-5-11-19,20-12-6-2-7-13-20)21-14-8-3-9-15-21/h1-15,17,22,30-31H,16,18H2,(H2,27,28,32). The molecule has 162 valence electrons. The highest BCUT2D eigenvalue weighted by atomic mass is 16.3. The van der Waals surface area contributed by atoms with Gasteiger partial charge in [0.05, 0.1) is 24.7 Å². The first kappa shape index (κ1) is 21.5. The van der Waals surface area contributed by atoms with Crippen molar-refractivity contribution in [2.45, 2.75) is 18.1 Å². The third kappa shape index (κ3) is 3.82. The van der Waals surface area contributed by atoms with Crippen LogP contribution in [0.15, 0.2) is 102 Å². The van der Waals surface area contributed by atoms with Gasteiger partial charge in [0, 0.05) is 11.8 Å². The van der Waals surface area contributed by atoms with E-state index >= 15 is 0 Å². The number of nitrogens with two attached hydrogens (primary N) is 1. The number of benzene rings is 3. The second-order valence-electron chi connectivity index (χ2n) is 7.66. The van der Waals surface area contributed by atoms with Crippen LogP contribution < -0.4 is 11.4 Å². The van der Waals surface area contributed by atoms with Crippen LogP contribution in [0.2, 0.25) is 0 Å². The lowest BCUT2D eigenvalue weighted by atomic mass is 9.65. The van der Waals surface area contributed by atoms with Crippen molar-refractivity contribution in [1.82, 2.24) is 9.55 Å². The first-order valence-corrected chi connectivity index (χ1v) is 10.4. The third-order valence-corrected chi connectivity index (χ3v) is 5.67. The highest BCUT2D eigenvalue weighted by molar-refractivity contribution is 5.64. The Morgan fingerprint density at radius 3 is 1.69 bits per heavy atom. The molecule has 4 N–H and O–H groups in total. The van der Waals surface area contributed by atoms with Gasteiger partial charge in [-0.3, -0.25) is 4.57 Å². The van der Waals surface area contributed by atoms with Crippen molar-refractivity contribution in [3.8, 4) is 0 Å². The number of anilines is 1. The Kier molecular flexibility index (Phi) is 6.16. The van der Waals surface area contributed by atoms with Crippen LogP contribution >= 0.6 is 0 Å². The molecule has 32 heavy (non-hydrogen) atoms. The van der Waals surface area contributed by atoms with Crippen molar-refractivity contribution in [3.63, 3.8) is 0 Å². The molecule has 0 aliphatic heterocycles. The van der Waals surface area contributed by atoms with Crippen molar-refractivity contribution in [2.75, 3.05) is 12.3 Å². The average molecular weight is 428 g/mol. The zero-order chi connectivity index (χ0) is 22.6. The molecule has 0 radical (unpaired) electrons. The summed E-state index contributed by atoms with van der Waals surface area (Å²) >= 11 is 0. The molecule has 6 heteroatoms. The minimum atomic E-state index is -1.09. The topological polar surface area (TPSA) is 101 Å². The van der Waals surface area contributed by atoms with E-state index in [4.69, 9.17) is 5.73 Å². The van der Waals surface area contributed by atoms with Gasteiger partial charge in [-0.1, -0.05) is 91.0 Å². The smallest absolute Gasteiger partial charge is 0.349 e. The second kappa shape index (κ2) is 9.18. The summed E-state index contributed by atoms with van der Waals surface area (Å²) in [5, 5.41) is 19.3. The average Bonchev–Trinajstić information content (AvgIpc) is 2.84. The number of rotatable bonds is 7. The molecule has 4 aromatic rings. The van der Waals surface area contributed by atoms with Gasteiger partial charge >= 0.3 is 5.69 Å². The highest BCUT2D eigenvalue weighted by Crippen LogP contribution is 2.46. The Hall–Kier alpha value is -3.74. The van der Waals surface area contributed by atoms with Crippen LogP contribution in [-0.2, 0) is 12.0 Å². The van der Waals surface area contributed by atoms with Crippen molar-refractivity contribution in [1.29, 1.82) is 0 Å². The summed E-state index contributed by atoms with van der Waals surface area (Å²) in [6.45, 7) is -0.558. The summed E-state index contributed by atoms with van der Waals surface area (Å²) in [6.07, 6.45) is 0.557. The molecule has 0 amide bonds. The maximum atomic E-state index is 12.6. The van der Waals surface area contributed by atoms with E-state index in [2.05, 4.69) is 4.98 Å². The number of hydrogen-bond acceptors (Lipinski definition) is 5. The normalized spacial score (nSPS) is 12.4. The number of nitrogen functional groups attached to an aromatic ring is 1. The first-order valence-electron chi connectivity index (χ1n) is 10.4. The van der Waals surface area contributed by atoms with Gasteiger partial charge in [-0.05, 0) is 16.7 Å². The molecule has 0 saturated carbocycles. The predicted octanol–water partition coefficient (Wildman–Crippen LogP) is 2.56.